The van der Waals surface area contributed by atoms with Crippen LogP contribution in [0.25, 0.3) is 0 Å². The number of carboxylic acid groups (broad SMARTS) is 2. The number of rotatable bonds is 0. The minimum absolute atomic E-state index is 0. The van der Waals surface area contributed by atoms with Gasteiger partial charge in [0.2, 0.25) is 0 Å². The summed E-state index contributed by atoms with van der Waals surface area (Å²) in [5, 5.41) is 16.5. The van der Waals surface area contributed by atoms with Gasteiger partial charge < -0.3 is 19.8 Å². The van der Waals surface area contributed by atoms with Gasteiger partial charge in [-0.05, 0) is 0 Å². The first kappa shape index (κ1) is 22.4. The van der Waals surface area contributed by atoms with Crippen molar-refractivity contribution in [3.63, 3.8) is 0 Å². The number of hydrogen-bond acceptors (Lipinski definition) is 4. The third kappa shape index (κ3) is 72.7. The maximum atomic E-state index is 8.25. The van der Waals surface area contributed by atoms with Gasteiger partial charge in [0.05, 0.1) is 0 Å². The van der Waals surface area contributed by atoms with Gasteiger partial charge in [-0.25, -0.2) is 0 Å². The summed E-state index contributed by atoms with van der Waals surface area (Å²) in [4.78, 5) is 16.5. The van der Waals surface area contributed by atoms with Crippen LogP contribution in [0.4, 0.5) is 0 Å². The zero-order valence-corrected chi connectivity index (χ0v) is 14.2. The molecule has 0 aliphatic carbocycles. The first-order valence-corrected chi connectivity index (χ1v) is 0.943. The quantitative estimate of drug-likeness (QED) is 0.321. The van der Waals surface area contributed by atoms with Crippen LogP contribution < -0.4 is 130 Å². The number of carbonyl (C=O) groups is 2. The number of hydrogen-bond donors (Lipinski definition) is 0. The predicted octanol–water partition coefficient (Wildman–Crippen LogP) is -9.26. The average Bonchev–Trinajstić information content (AvgIpc) is 1.39. The van der Waals surface area contributed by atoms with Gasteiger partial charge >= 0.3 is 120 Å². The van der Waals surface area contributed by atoms with Gasteiger partial charge in [-0.2, -0.15) is 0 Å². The summed E-state index contributed by atoms with van der Waals surface area (Å²) < 4.78 is 0. The molecular weight excluding hydrogens is 260 g/mol. The van der Waals surface area contributed by atoms with E-state index in [0.717, 1.165) is 0 Å². The summed E-state index contributed by atoms with van der Waals surface area (Å²) in [6.45, 7) is -1.00. The molecule has 0 aromatic heterocycles. The second-order valence-electron chi connectivity index (χ2n) is 0.192. The van der Waals surface area contributed by atoms with E-state index in [9.17, 15) is 0 Å². The number of carbonyl (C=O) groups excluding carboxylic acids is 2. The monoisotopic (exact) mass is 262 g/mol. The predicted molar refractivity (Wildman–Crippen MR) is 12.1 cm³/mol. The van der Waals surface area contributed by atoms with E-state index < -0.39 is 12.9 Å². The second kappa shape index (κ2) is 33.5. The maximum Gasteiger partial charge on any atom is 1.00 e. The van der Waals surface area contributed by atoms with E-state index in [4.69, 9.17) is 19.8 Å². The summed E-state index contributed by atoms with van der Waals surface area (Å²) in [6, 6.07) is 0. The first-order valence-electron chi connectivity index (χ1n) is 0.943. The van der Waals surface area contributed by atoms with Crippen molar-refractivity contribution in [1.29, 1.82) is 0 Å². The molecule has 0 saturated carbocycles. The Morgan fingerprint density at radius 1 is 1.00 bits per heavy atom. The molecule has 36 valence electrons. The third-order valence-corrected chi connectivity index (χ3v) is 0. The van der Waals surface area contributed by atoms with Crippen LogP contribution in [0.5, 0.6) is 0 Å². The zero-order valence-electron chi connectivity index (χ0n) is 4.79. The van der Waals surface area contributed by atoms with Crippen LogP contribution in [-0.4, -0.2) is 12.9 Å². The largest absolute Gasteiger partial charge is 1.00 e. The van der Waals surface area contributed by atoms with E-state index in [2.05, 4.69) is 0 Å². The van der Waals surface area contributed by atoms with Gasteiger partial charge in [-0.1, -0.05) is 0 Å². The Bertz CT molecular complexity index is 35.0. The molecule has 0 N–H and O–H groups in total. The zero-order chi connectivity index (χ0) is 5.41. The Morgan fingerprint density at radius 2 is 1.00 bits per heavy atom. The van der Waals surface area contributed by atoms with Gasteiger partial charge in [0, 0.05) is 12.9 Å². The van der Waals surface area contributed by atoms with Crippen molar-refractivity contribution in [1.82, 2.24) is 0 Å². The van der Waals surface area contributed by atoms with Crippen LogP contribution in [0.15, 0.2) is 0 Å². The fourth-order valence-electron chi connectivity index (χ4n) is 0. The molecule has 4 nitrogen and oxygen atoms in total. The molecule has 0 bridgehead atoms. The van der Waals surface area contributed by atoms with Crippen molar-refractivity contribution in [2.45, 2.75) is 0 Å². The van der Waals surface area contributed by atoms with E-state index in [1.165, 1.54) is 0 Å². The van der Waals surface area contributed by atoms with E-state index >= 15 is 0 Å². The Kier molecular flexibility index (Phi) is 93.8. The van der Waals surface area contributed by atoms with E-state index in [1.807, 2.05) is 0 Å². The molecule has 0 amide bonds. The van der Waals surface area contributed by atoms with Crippen LogP contribution in [0.1, 0.15) is 0 Å². The van der Waals surface area contributed by atoms with Crippen molar-refractivity contribution < 1.29 is 140 Å². The van der Waals surface area contributed by atoms with Crippen LogP contribution in [0, 0.1) is 0 Å². The normalized spacial score (nSPS) is 3.00. The average molecular weight is 262 g/mol. The standard InChI is InChI=1S/2CH2O2.Cs.K/c2*2-1-3;;/h2*1H,(H,2,3);;/q;;2*+1/p-2. The minimum Gasteiger partial charge on any atom is -0.554 e. The molecule has 6 heteroatoms. The van der Waals surface area contributed by atoms with Crippen molar-refractivity contribution in [3.8, 4) is 0 Å². The Balaban J connectivity index is -0.0000000160. The first-order chi connectivity index (χ1) is 2.83. The van der Waals surface area contributed by atoms with Crippen molar-refractivity contribution in [3.05, 3.63) is 0 Å². The van der Waals surface area contributed by atoms with Crippen molar-refractivity contribution in [2.75, 3.05) is 0 Å². The van der Waals surface area contributed by atoms with Crippen molar-refractivity contribution >= 4 is 12.9 Å². The van der Waals surface area contributed by atoms with Gasteiger partial charge in [-0.3, -0.25) is 0 Å². The van der Waals surface area contributed by atoms with Crippen LogP contribution in [-0.2, 0) is 9.59 Å². The van der Waals surface area contributed by atoms with Crippen molar-refractivity contribution in [2.24, 2.45) is 0 Å². The van der Waals surface area contributed by atoms with E-state index in [-0.39, 0.29) is 120 Å². The molecule has 0 aliphatic rings. The molecule has 0 aromatic rings. The molecule has 0 saturated heterocycles. The topological polar surface area (TPSA) is 80.3 Å². The Labute approximate surface area is 148 Å². The second-order valence-corrected chi connectivity index (χ2v) is 0.192. The van der Waals surface area contributed by atoms with Crippen LogP contribution in [0.3, 0.4) is 0 Å². The van der Waals surface area contributed by atoms with Gasteiger partial charge in [0.1, 0.15) is 0 Å². The molecule has 0 unspecified atom stereocenters. The molecule has 0 aliphatic heterocycles. The molecule has 0 fully saturated rings. The molecular formula is C2H2CsKO4. The summed E-state index contributed by atoms with van der Waals surface area (Å²) in [7, 11) is 0. The summed E-state index contributed by atoms with van der Waals surface area (Å²) in [5.41, 5.74) is 0. The van der Waals surface area contributed by atoms with E-state index in [0.29, 0.717) is 0 Å². The fraction of sp³-hybridized carbons (Fsp3) is 0. The fourth-order valence-corrected chi connectivity index (χ4v) is 0. The molecule has 0 radical (unpaired) electrons. The summed E-state index contributed by atoms with van der Waals surface area (Å²) >= 11 is 0. The SMILES string of the molecule is O=C[O-].O=C[O-].[Cs+].[K+]. The molecule has 0 atom stereocenters. The maximum absolute atomic E-state index is 8.25. The summed E-state index contributed by atoms with van der Waals surface area (Å²) in [5.74, 6) is 0. The molecule has 0 rings (SSSR count). The Morgan fingerprint density at radius 3 is 1.00 bits per heavy atom. The third-order valence-electron chi connectivity index (χ3n) is 0. The smallest absolute Gasteiger partial charge is 0.554 e. The van der Waals surface area contributed by atoms with Gasteiger partial charge in [-0.15, -0.1) is 0 Å². The van der Waals surface area contributed by atoms with Gasteiger partial charge in [0.15, 0.2) is 0 Å². The van der Waals surface area contributed by atoms with Crippen LogP contribution >= 0.6 is 0 Å². The molecule has 0 aromatic carbocycles. The molecule has 0 heterocycles. The van der Waals surface area contributed by atoms with Gasteiger partial charge in [0.25, 0.3) is 0 Å². The van der Waals surface area contributed by atoms with E-state index in [1.54, 1.807) is 0 Å². The minimum atomic E-state index is -0.500. The Hall–Kier alpha value is 2.63. The molecule has 0 spiro atoms. The summed E-state index contributed by atoms with van der Waals surface area (Å²) in [6.07, 6.45) is 0. The van der Waals surface area contributed by atoms with Crippen LogP contribution in [0.2, 0.25) is 0 Å². The molecule has 8 heavy (non-hydrogen) atoms.